The Bertz CT molecular complexity index is 1520. The number of rotatable bonds is 13. The van der Waals surface area contributed by atoms with Crippen LogP contribution in [0.2, 0.25) is 0 Å². The van der Waals surface area contributed by atoms with E-state index in [1.54, 1.807) is 56.6 Å². The average Bonchev–Trinajstić information content (AvgIpc) is 3.73. The summed E-state index contributed by atoms with van der Waals surface area (Å²) >= 11 is 0. The van der Waals surface area contributed by atoms with E-state index in [4.69, 9.17) is 10.5 Å². The number of ketones is 1. The lowest BCUT2D eigenvalue weighted by atomic mass is 9.84. The Hall–Kier alpha value is -3.72. The van der Waals surface area contributed by atoms with Gasteiger partial charge in [0, 0.05) is 50.8 Å². The summed E-state index contributed by atoms with van der Waals surface area (Å²) in [5.74, 6) is -2.24. The van der Waals surface area contributed by atoms with Crippen LogP contribution in [0.3, 0.4) is 0 Å². The van der Waals surface area contributed by atoms with Crippen LogP contribution in [-0.4, -0.2) is 97.5 Å². The molecule has 3 heterocycles. The molecule has 274 valence electrons. The molecule has 1 aliphatic carbocycles. The van der Waals surface area contributed by atoms with Crippen LogP contribution in [0.5, 0.6) is 0 Å². The van der Waals surface area contributed by atoms with Crippen molar-refractivity contribution in [2.45, 2.75) is 120 Å². The van der Waals surface area contributed by atoms with Crippen LogP contribution in [0, 0.1) is 5.92 Å². The first-order valence-corrected chi connectivity index (χ1v) is 17.8. The van der Waals surface area contributed by atoms with E-state index >= 15 is 0 Å². The quantitative estimate of drug-likeness (QED) is 0.193. The number of nitrogens with one attached hydrogen (secondary N) is 2. The van der Waals surface area contributed by atoms with Crippen LogP contribution in [0.1, 0.15) is 113 Å². The van der Waals surface area contributed by atoms with Crippen molar-refractivity contribution in [3.8, 4) is 0 Å². The zero-order valence-electron chi connectivity index (χ0n) is 29.7. The highest BCUT2D eigenvalue weighted by atomic mass is 16.5. The standard InChI is InChI=1S/C36H53N7O7/c1-34(2,48)25-12-10-24(11-13-25)32(46)39-26(18-23-8-6-5-7-9-23)21-42-22-27(43-29(20-38-41-43)35(3,4)49)19-28(42)33(47)40-36(30(44)31(37)45)14-16-50-17-15-36/h10-13,20,23,26-28,48-49H,5-9,14-19,21-22H2,1-4H3,(H2,37,45)(H,39,46)(H,40,47)/t26-,27?,28?/m1/s1. The van der Waals surface area contributed by atoms with E-state index in [0.29, 0.717) is 35.8 Å². The summed E-state index contributed by atoms with van der Waals surface area (Å²) in [4.78, 5) is 55.2. The molecule has 3 aliphatic rings. The molecule has 0 bridgehead atoms. The van der Waals surface area contributed by atoms with Gasteiger partial charge in [0.15, 0.2) is 0 Å². The van der Waals surface area contributed by atoms with E-state index in [1.165, 1.54) is 12.6 Å². The van der Waals surface area contributed by atoms with Crippen molar-refractivity contribution in [2.24, 2.45) is 11.7 Å². The fraction of sp³-hybridized carbons (Fsp3) is 0.667. The van der Waals surface area contributed by atoms with Gasteiger partial charge in [-0.25, -0.2) is 4.68 Å². The van der Waals surface area contributed by atoms with Gasteiger partial charge < -0.3 is 31.3 Å². The van der Waals surface area contributed by atoms with E-state index in [0.717, 1.165) is 32.1 Å². The Kier molecular flexibility index (Phi) is 11.5. The summed E-state index contributed by atoms with van der Waals surface area (Å²) in [7, 11) is 0. The summed E-state index contributed by atoms with van der Waals surface area (Å²) in [5.41, 5.74) is 3.34. The van der Waals surface area contributed by atoms with Crippen molar-refractivity contribution >= 4 is 23.5 Å². The lowest BCUT2D eigenvalue weighted by Gasteiger charge is -2.37. The van der Waals surface area contributed by atoms with Gasteiger partial charge in [0.05, 0.1) is 29.6 Å². The van der Waals surface area contributed by atoms with Crippen LogP contribution >= 0.6 is 0 Å². The van der Waals surface area contributed by atoms with Gasteiger partial charge in [-0.3, -0.25) is 24.1 Å². The SMILES string of the molecule is CC(C)(O)c1ccc(C(=O)N[C@H](CC2CCCCC2)CN2CC(n3nncc3C(C)(C)O)CC2C(=O)NC2(C(=O)C(N)=O)CCOCC2)cc1. The molecule has 0 radical (unpaired) electrons. The number of amides is 3. The fourth-order valence-corrected chi connectivity index (χ4v) is 7.75. The number of aliphatic hydroxyl groups is 2. The molecule has 6 N–H and O–H groups in total. The molecule has 14 heteroatoms. The number of nitrogens with zero attached hydrogens (tertiary/aromatic N) is 4. The highest BCUT2D eigenvalue weighted by Crippen LogP contribution is 2.34. The van der Waals surface area contributed by atoms with Crippen molar-refractivity contribution in [1.82, 2.24) is 30.5 Å². The normalized spacial score (nSPS) is 22.5. The molecule has 2 saturated heterocycles. The minimum absolute atomic E-state index is 0.120. The molecule has 3 atom stereocenters. The van der Waals surface area contributed by atoms with Crippen LogP contribution in [0.4, 0.5) is 0 Å². The summed E-state index contributed by atoms with van der Waals surface area (Å²) in [6.45, 7) is 7.76. The fourth-order valence-electron chi connectivity index (χ4n) is 7.75. The highest BCUT2D eigenvalue weighted by Gasteiger charge is 2.48. The lowest BCUT2D eigenvalue weighted by Crippen LogP contribution is -2.63. The molecule has 50 heavy (non-hydrogen) atoms. The number of carbonyl (C=O) groups is 4. The lowest BCUT2D eigenvalue weighted by molar-refractivity contribution is -0.145. The second kappa shape index (κ2) is 15.3. The molecular weight excluding hydrogens is 642 g/mol. The molecule has 14 nitrogen and oxygen atoms in total. The van der Waals surface area contributed by atoms with E-state index in [1.807, 2.05) is 4.90 Å². The second-order valence-corrected chi connectivity index (χ2v) is 15.4. The van der Waals surface area contributed by atoms with Gasteiger partial charge in [-0.15, -0.1) is 5.10 Å². The molecule has 2 aliphatic heterocycles. The topological polar surface area (TPSA) is 202 Å². The molecule has 2 unspecified atom stereocenters. The number of benzene rings is 1. The molecule has 5 rings (SSSR count). The van der Waals surface area contributed by atoms with Crippen molar-refractivity contribution in [3.05, 3.63) is 47.3 Å². The minimum atomic E-state index is -1.47. The molecule has 2 aromatic rings. The summed E-state index contributed by atoms with van der Waals surface area (Å²) < 4.78 is 7.11. The van der Waals surface area contributed by atoms with Crippen molar-refractivity contribution in [3.63, 3.8) is 0 Å². The van der Waals surface area contributed by atoms with Gasteiger partial charge in [-0.05, 0) is 64.2 Å². The summed E-state index contributed by atoms with van der Waals surface area (Å²) in [6, 6.07) is 5.47. The van der Waals surface area contributed by atoms with E-state index < -0.39 is 40.4 Å². The van der Waals surface area contributed by atoms with Crippen LogP contribution in [-0.2, 0) is 30.3 Å². The van der Waals surface area contributed by atoms with Crippen LogP contribution in [0.15, 0.2) is 30.5 Å². The summed E-state index contributed by atoms with van der Waals surface area (Å²) in [5, 5.41) is 35.8. The zero-order chi connectivity index (χ0) is 36.3. The monoisotopic (exact) mass is 695 g/mol. The first-order chi connectivity index (χ1) is 23.6. The third-order valence-corrected chi connectivity index (χ3v) is 10.6. The number of carbonyl (C=O) groups excluding carboxylic acids is 4. The number of ether oxygens (including phenoxy) is 1. The number of aromatic nitrogens is 3. The zero-order valence-corrected chi connectivity index (χ0v) is 29.7. The molecule has 1 saturated carbocycles. The number of Topliss-reactive ketones (excluding diaryl/α,β-unsaturated/α-hetero) is 1. The number of hydrogen-bond donors (Lipinski definition) is 5. The minimum Gasteiger partial charge on any atom is -0.386 e. The van der Waals surface area contributed by atoms with Crippen molar-refractivity contribution in [2.75, 3.05) is 26.3 Å². The third kappa shape index (κ3) is 8.76. The second-order valence-electron chi connectivity index (χ2n) is 15.4. The highest BCUT2D eigenvalue weighted by molar-refractivity contribution is 6.39. The Morgan fingerprint density at radius 1 is 1.02 bits per heavy atom. The first kappa shape index (κ1) is 37.5. The predicted octanol–water partition coefficient (Wildman–Crippen LogP) is 1.84. The van der Waals surface area contributed by atoms with E-state index in [-0.39, 0.29) is 50.5 Å². The van der Waals surface area contributed by atoms with Gasteiger partial charge in [0.2, 0.25) is 11.7 Å². The Morgan fingerprint density at radius 2 is 1.68 bits per heavy atom. The van der Waals surface area contributed by atoms with Crippen molar-refractivity contribution in [1.29, 1.82) is 0 Å². The molecule has 1 aromatic carbocycles. The summed E-state index contributed by atoms with van der Waals surface area (Å²) in [6.07, 6.45) is 8.34. The largest absolute Gasteiger partial charge is 0.386 e. The smallest absolute Gasteiger partial charge is 0.287 e. The van der Waals surface area contributed by atoms with Crippen LogP contribution < -0.4 is 16.4 Å². The van der Waals surface area contributed by atoms with Gasteiger partial charge in [0.25, 0.3) is 11.8 Å². The van der Waals surface area contributed by atoms with E-state index in [9.17, 15) is 29.4 Å². The number of nitrogens with two attached hydrogens (primary N) is 1. The number of primary amides is 1. The first-order valence-electron chi connectivity index (χ1n) is 17.8. The van der Waals surface area contributed by atoms with Crippen LogP contribution in [0.25, 0.3) is 0 Å². The predicted molar refractivity (Wildman–Crippen MR) is 184 cm³/mol. The molecule has 1 aromatic heterocycles. The van der Waals surface area contributed by atoms with Gasteiger partial charge in [-0.2, -0.15) is 0 Å². The van der Waals surface area contributed by atoms with Crippen molar-refractivity contribution < 1.29 is 34.1 Å². The number of hydrogen-bond acceptors (Lipinski definition) is 10. The van der Waals surface area contributed by atoms with E-state index in [2.05, 4.69) is 20.9 Å². The molecule has 3 fully saturated rings. The maximum absolute atomic E-state index is 14.3. The molecular formula is C36H53N7O7. The molecule has 3 amide bonds. The van der Waals surface area contributed by atoms with Gasteiger partial charge >= 0.3 is 0 Å². The maximum atomic E-state index is 14.3. The molecule has 0 spiro atoms. The Morgan fingerprint density at radius 3 is 2.28 bits per heavy atom. The third-order valence-electron chi connectivity index (χ3n) is 10.6. The van der Waals surface area contributed by atoms with Gasteiger partial charge in [0.1, 0.15) is 11.1 Å². The average molecular weight is 696 g/mol. The Balaban J connectivity index is 1.44. The number of likely N-dealkylation sites (tertiary alicyclic amines) is 1. The van der Waals surface area contributed by atoms with Gasteiger partial charge in [-0.1, -0.05) is 49.5 Å². The maximum Gasteiger partial charge on any atom is 0.287 e. The Labute approximate surface area is 293 Å².